The molecule has 0 bridgehead atoms. The Hall–Kier alpha value is -4.66. The highest BCUT2D eigenvalue weighted by atomic mass is 16.6. The van der Waals surface area contributed by atoms with Crippen molar-refractivity contribution in [3.63, 3.8) is 0 Å². The van der Waals surface area contributed by atoms with Crippen molar-refractivity contribution in [1.82, 2.24) is 14.8 Å². The average molecular weight is 572 g/mol. The SMILES string of the molecule is CCOC(=O)c1c(-c2ccc(OCc3ccc(OC)cc3)cc2)c(-c2ccncc2)nn1CCCC(=O)OC(C)(C)C. The fraction of sp³-hybridized carbons (Fsp3) is 0.333. The van der Waals surface area contributed by atoms with Crippen LogP contribution in [0.3, 0.4) is 0 Å². The van der Waals surface area contributed by atoms with Crippen LogP contribution in [-0.4, -0.2) is 46.0 Å². The molecule has 2 heterocycles. The number of benzene rings is 2. The van der Waals surface area contributed by atoms with E-state index in [0.29, 0.717) is 42.3 Å². The van der Waals surface area contributed by atoms with Gasteiger partial charge in [0, 0.05) is 36.5 Å². The van der Waals surface area contributed by atoms with Crippen LogP contribution < -0.4 is 9.47 Å². The van der Waals surface area contributed by atoms with Crippen LogP contribution in [0.1, 0.15) is 56.6 Å². The first-order chi connectivity index (χ1) is 20.2. The molecule has 0 saturated heterocycles. The molecule has 0 N–H and O–H groups in total. The van der Waals surface area contributed by atoms with E-state index in [1.165, 1.54) is 0 Å². The second kappa shape index (κ2) is 13.8. The molecular formula is C33H37N3O6. The Morgan fingerprint density at radius 1 is 0.881 bits per heavy atom. The highest BCUT2D eigenvalue weighted by Crippen LogP contribution is 2.36. The van der Waals surface area contributed by atoms with Crippen LogP contribution in [0.2, 0.25) is 0 Å². The van der Waals surface area contributed by atoms with E-state index in [4.69, 9.17) is 24.0 Å². The lowest BCUT2D eigenvalue weighted by atomic mass is 9.99. The van der Waals surface area contributed by atoms with Gasteiger partial charge in [0.1, 0.15) is 29.4 Å². The molecule has 0 aliphatic carbocycles. The zero-order valence-electron chi connectivity index (χ0n) is 24.8. The molecule has 220 valence electrons. The quantitative estimate of drug-likeness (QED) is 0.178. The van der Waals surface area contributed by atoms with Crippen molar-refractivity contribution in [3.8, 4) is 33.9 Å². The summed E-state index contributed by atoms with van der Waals surface area (Å²) in [6.07, 6.45) is 4.00. The number of carbonyl (C=O) groups excluding carboxylic acids is 2. The first-order valence-electron chi connectivity index (χ1n) is 13.9. The Morgan fingerprint density at radius 2 is 1.55 bits per heavy atom. The van der Waals surface area contributed by atoms with Crippen molar-refractivity contribution in [2.75, 3.05) is 13.7 Å². The van der Waals surface area contributed by atoms with Crippen LogP contribution in [0.5, 0.6) is 11.5 Å². The Labute approximate surface area is 246 Å². The smallest absolute Gasteiger partial charge is 0.357 e. The molecule has 0 unspecified atom stereocenters. The number of hydrogen-bond donors (Lipinski definition) is 0. The summed E-state index contributed by atoms with van der Waals surface area (Å²) in [7, 11) is 1.63. The van der Waals surface area contributed by atoms with Crippen LogP contribution >= 0.6 is 0 Å². The number of ether oxygens (including phenoxy) is 4. The highest BCUT2D eigenvalue weighted by Gasteiger charge is 2.27. The van der Waals surface area contributed by atoms with Crippen molar-refractivity contribution < 1.29 is 28.5 Å². The second-order valence-electron chi connectivity index (χ2n) is 10.6. The molecule has 4 aromatic rings. The summed E-state index contributed by atoms with van der Waals surface area (Å²) in [5.41, 5.74) is 3.60. The van der Waals surface area contributed by atoms with E-state index < -0.39 is 11.6 Å². The van der Waals surface area contributed by atoms with E-state index >= 15 is 0 Å². The number of carbonyl (C=O) groups is 2. The molecule has 0 spiro atoms. The summed E-state index contributed by atoms with van der Waals surface area (Å²) in [4.78, 5) is 29.8. The van der Waals surface area contributed by atoms with Crippen LogP contribution in [0, 0.1) is 0 Å². The monoisotopic (exact) mass is 571 g/mol. The van der Waals surface area contributed by atoms with Gasteiger partial charge in [-0.3, -0.25) is 14.5 Å². The van der Waals surface area contributed by atoms with Crippen molar-refractivity contribution in [2.24, 2.45) is 0 Å². The third-order valence-corrected chi connectivity index (χ3v) is 6.25. The van der Waals surface area contributed by atoms with E-state index in [9.17, 15) is 9.59 Å². The lowest BCUT2D eigenvalue weighted by Gasteiger charge is -2.19. The summed E-state index contributed by atoms with van der Waals surface area (Å²) in [6, 6.07) is 18.9. The maximum Gasteiger partial charge on any atom is 0.357 e. The van der Waals surface area contributed by atoms with Crippen LogP contribution in [0.4, 0.5) is 0 Å². The molecule has 42 heavy (non-hydrogen) atoms. The summed E-state index contributed by atoms with van der Waals surface area (Å²) in [5.74, 6) is 0.683. The number of rotatable bonds is 12. The molecule has 0 saturated carbocycles. The van der Waals surface area contributed by atoms with Gasteiger partial charge < -0.3 is 18.9 Å². The van der Waals surface area contributed by atoms with Gasteiger partial charge >= 0.3 is 11.9 Å². The fourth-order valence-electron chi connectivity index (χ4n) is 4.39. The molecule has 2 aromatic heterocycles. The molecule has 0 radical (unpaired) electrons. The number of methoxy groups -OCH3 is 1. The van der Waals surface area contributed by atoms with Crippen molar-refractivity contribution >= 4 is 11.9 Å². The van der Waals surface area contributed by atoms with E-state index in [2.05, 4.69) is 4.98 Å². The van der Waals surface area contributed by atoms with Gasteiger partial charge in [-0.15, -0.1) is 0 Å². The maximum absolute atomic E-state index is 13.3. The van der Waals surface area contributed by atoms with Gasteiger partial charge in [-0.2, -0.15) is 5.10 Å². The molecule has 4 rings (SSSR count). The van der Waals surface area contributed by atoms with Gasteiger partial charge in [0.15, 0.2) is 5.69 Å². The molecule has 9 nitrogen and oxygen atoms in total. The third-order valence-electron chi connectivity index (χ3n) is 6.25. The number of esters is 2. The van der Waals surface area contributed by atoms with Gasteiger partial charge in [0.2, 0.25) is 0 Å². The molecule has 0 aliphatic heterocycles. The van der Waals surface area contributed by atoms with Crippen molar-refractivity contribution in [3.05, 3.63) is 84.3 Å². The molecule has 0 amide bonds. The normalized spacial score (nSPS) is 11.2. The molecule has 0 atom stereocenters. The number of aryl methyl sites for hydroxylation is 1. The largest absolute Gasteiger partial charge is 0.497 e. The summed E-state index contributed by atoms with van der Waals surface area (Å²) in [6.45, 7) is 8.20. The molecule has 0 aliphatic rings. The fourth-order valence-corrected chi connectivity index (χ4v) is 4.39. The standard InChI is InChI=1S/C33H37N3O6/c1-6-40-32(38)31-29(24-11-15-27(16-12-24)41-22-23-9-13-26(39-5)14-10-23)30(25-17-19-34-20-18-25)35-36(31)21-7-8-28(37)42-33(2,3)4/h9-20H,6-8,21-22H2,1-5H3. The average Bonchev–Trinajstić information content (AvgIpc) is 3.36. The number of aromatic nitrogens is 3. The summed E-state index contributed by atoms with van der Waals surface area (Å²) >= 11 is 0. The number of nitrogens with zero attached hydrogens (tertiary/aromatic N) is 3. The Balaban J connectivity index is 1.64. The van der Waals surface area contributed by atoms with Gasteiger partial charge in [-0.25, -0.2) is 4.79 Å². The third kappa shape index (κ3) is 7.96. The topological polar surface area (TPSA) is 102 Å². The minimum absolute atomic E-state index is 0.194. The minimum Gasteiger partial charge on any atom is -0.497 e. The van der Waals surface area contributed by atoms with Crippen molar-refractivity contribution in [1.29, 1.82) is 0 Å². The predicted octanol–water partition coefficient (Wildman–Crippen LogP) is 6.50. The first-order valence-corrected chi connectivity index (χ1v) is 13.9. The second-order valence-corrected chi connectivity index (χ2v) is 10.6. The Bertz CT molecular complexity index is 1470. The predicted molar refractivity (Wildman–Crippen MR) is 159 cm³/mol. The molecular weight excluding hydrogens is 534 g/mol. The molecule has 0 fully saturated rings. The zero-order valence-corrected chi connectivity index (χ0v) is 24.8. The van der Waals surface area contributed by atoms with Gasteiger partial charge in [0.25, 0.3) is 0 Å². The lowest BCUT2D eigenvalue weighted by Crippen LogP contribution is -2.24. The Morgan fingerprint density at radius 3 is 2.17 bits per heavy atom. The summed E-state index contributed by atoms with van der Waals surface area (Å²) < 4.78 is 23.7. The first kappa shape index (κ1) is 30.3. The maximum atomic E-state index is 13.3. The summed E-state index contributed by atoms with van der Waals surface area (Å²) in [5, 5.41) is 4.84. The van der Waals surface area contributed by atoms with E-state index in [0.717, 1.165) is 22.4 Å². The zero-order chi connectivity index (χ0) is 30.1. The van der Waals surface area contributed by atoms with Gasteiger partial charge in [0.05, 0.1) is 13.7 Å². The van der Waals surface area contributed by atoms with E-state index in [1.54, 1.807) is 31.1 Å². The highest BCUT2D eigenvalue weighted by molar-refractivity contribution is 6.00. The van der Waals surface area contributed by atoms with Gasteiger partial charge in [-0.05, 0) is 81.6 Å². The van der Waals surface area contributed by atoms with Crippen LogP contribution in [-0.2, 0) is 27.4 Å². The molecule has 9 heteroatoms. The number of pyridine rings is 1. The van der Waals surface area contributed by atoms with E-state index in [1.807, 2.05) is 81.4 Å². The molecule has 2 aromatic carbocycles. The Kier molecular flexibility index (Phi) is 9.96. The van der Waals surface area contributed by atoms with Gasteiger partial charge in [-0.1, -0.05) is 24.3 Å². The van der Waals surface area contributed by atoms with Crippen molar-refractivity contribution in [2.45, 2.75) is 59.3 Å². The van der Waals surface area contributed by atoms with Crippen LogP contribution in [0.25, 0.3) is 22.4 Å². The van der Waals surface area contributed by atoms with E-state index in [-0.39, 0.29) is 19.0 Å². The lowest BCUT2D eigenvalue weighted by molar-refractivity contribution is -0.154. The van der Waals surface area contributed by atoms with Crippen LogP contribution in [0.15, 0.2) is 73.1 Å². The number of hydrogen-bond acceptors (Lipinski definition) is 8. The minimum atomic E-state index is -0.564.